The molecule has 26 heavy (non-hydrogen) atoms. The number of anilines is 1. The van der Waals surface area contributed by atoms with E-state index in [0.717, 1.165) is 16.9 Å². The van der Waals surface area contributed by atoms with Crippen LogP contribution in [0.5, 0.6) is 0 Å². The van der Waals surface area contributed by atoms with Crippen molar-refractivity contribution in [1.29, 1.82) is 0 Å². The lowest BCUT2D eigenvalue weighted by molar-refractivity contribution is -0.112. The van der Waals surface area contributed by atoms with E-state index in [0.29, 0.717) is 21.2 Å². The molecule has 0 radical (unpaired) electrons. The molecule has 2 aromatic carbocycles. The maximum atomic E-state index is 12.4. The number of hydrogen-bond donors (Lipinski definition) is 2. The number of hydrogen-bond acceptors (Lipinski definition) is 3. The van der Waals surface area contributed by atoms with Crippen LogP contribution in [0.4, 0.5) is 5.69 Å². The highest BCUT2D eigenvalue weighted by Crippen LogP contribution is 2.39. The van der Waals surface area contributed by atoms with Crippen molar-refractivity contribution in [3.05, 3.63) is 63.5 Å². The smallest absolute Gasteiger partial charge is 0.262 e. The largest absolute Gasteiger partial charge is 0.350 e. The van der Waals surface area contributed by atoms with Gasteiger partial charge in [-0.1, -0.05) is 48.5 Å². The van der Waals surface area contributed by atoms with Crippen molar-refractivity contribution in [2.24, 2.45) is 0 Å². The molecule has 1 heterocycles. The maximum Gasteiger partial charge on any atom is 0.262 e. The maximum absolute atomic E-state index is 12.4. The van der Waals surface area contributed by atoms with Crippen molar-refractivity contribution in [2.45, 2.75) is 31.2 Å². The first-order chi connectivity index (χ1) is 12.5. The molecule has 0 fully saturated rings. The van der Waals surface area contributed by atoms with E-state index in [1.54, 1.807) is 24.3 Å². The quantitative estimate of drug-likeness (QED) is 0.730. The zero-order chi connectivity index (χ0) is 18.7. The average Bonchev–Trinajstić information content (AvgIpc) is 2.63. The van der Waals surface area contributed by atoms with Crippen LogP contribution in [0.3, 0.4) is 0 Å². The Labute approximate surface area is 162 Å². The lowest BCUT2D eigenvalue weighted by atomic mass is 10.1. The molecule has 1 atom stereocenters. The molecule has 1 aliphatic heterocycles. The van der Waals surface area contributed by atoms with Crippen molar-refractivity contribution >= 4 is 46.9 Å². The highest BCUT2D eigenvalue weighted by Gasteiger charge is 2.22. The third kappa shape index (κ3) is 4.11. The van der Waals surface area contributed by atoms with Crippen LogP contribution in [0.1, 0.15) is 36.2 Å². The number of carbonyl (C=O) groups is 2. The molecular formula is C20H19ClN2O2S. The zero-order valence-corrected chi connectivity index (χ0v) is 16.1. The van der Waals surface area contributed by atoms with Crippen LogP contribution in [0.25, 0.3) is 6.08 Å². The molecule has 0 unspecified atom stereocenters. The molecule has 0 bridgehead atoms. The number of carbonyl (C=O) groups excluding carboxylic acids is 2. The van der Waals surface area contributed by atoms with Crippen molar-refractivity contribution in [3.63, 3.8) is 0 Å². The molecule has 3 rings (SSSR count). The van der Waals surface area contributed by atoms with Crippen LogP contribution in [-0.4, -0.2) is 17.9 Å². The minimum Gasteiger partial charge on any atom is -0.350 e. The molecule has 0 aliphatic carbocycles. The Bertz CT molecular complexity index is 895. The fourth-order valence-electron chi connectivity index (χ4n) is 2.44. The normalized spacial score (nSPS) is 16.0. The fraction of sp³-hybridized carbons (Fsp3) is 0.200. The Hall–Kier alpha value is -2.24. The number of amides is 2. The number of benzene rings is 2. The van der Waals surface area contributed by atoms with Crippen molar-refractivity contribution in [1.82, 2.24) is 5.32 Å². The molecule has 1 aliphatic rings. The summed E-state index contributed by atoms with van der Waals surface area (Å²) in [4.78, 5) is 26.2. The molecule has 0 aromatic heterocycles. The van der Waals surface area contributed by atoms with Crippen molar-refractivity contribution in [3.8, 4) is 0 Å². The van der Waals surface area contributed by atoms with E-state index in [1.807, 2.05) is 38.1 Å². The molecule has 4 nitrogen and oxygen atoms in total. The molecule has 6 heteroatoms. The van der Waals surface area contributed by atoms with Gasteiger partial charge in [0.1, 0.15) is 0 Å². The van der Waals surface area contributed by atoms with E-state index in [-0.39, 0.29) is 17.9 Å². The molecule has 0 spiro atoms. The predicted molar refractivity (Wildman–Crippen MR) is 108 cm³/mol. The third-order valence-electron chi connectivity index (χ3n) is 4.12. The molecule has 0 saturated carbocycles. The van der Waals surface area contributed by atoms with E-state index >= 15 is 0 Å². The van der Waals surface area contributed by atoms with Gasteiger partial charge in [-0.25, -0.2) is 0 Å². The van der Waals surface area contributed by atoms with Gasteiger partial charge in [0.15, 0.2) is 0 Å². The van der Waals surface area contributed by atoms with Crippen molar-refractivity contribution < 1.29 is 9.59 Å². The van der Waals surface area contributed by atoms with Gasteiger partial charge in [-0.2, -0.15) is 0 Å². The van der Waals surface area contributed by atoms with Gasteiger partial charge in [-0.05, 0) is 49.2 Å². The minimum atomic E-state index is -0.207. The lowest BCUT2D eigenvalue weighted by Crippen LogP contribution is -2.32. The zero-order valence-electron chi connectivity index (χ0n) is 14.5. The topological polar surface area (TPSA) is 58.2 Å². The highest BCUT2D eigenvalue weighted by atomic mass is 35.5. The standard InChI is InChI=1S/C20H19ClN2O2S/c1-3-12(2)22-19(24)14-8-9-17-16(10-14)23-20(25)18(26-17)11-13-6-4-5-7-15(13)21/h4-12H,3H2,1-2H3,(H,22,24)(H,23,25)/b18-11+/t12-/m0/s1. The summed E-state index contributed by atoms with van der Waals surface area (Å²) in [6.45, 7) is 3.97. The molecule has 2 aromatic rings. The number of rotatable bonds is 4. The second-order valence-electron chi connectivity index (χ2n) is 6.08. The lowest BCUT2D eigenvalue weighted by Gasteiger charge is -2.20. The Morgan fingerprint density at radius 3 is 2.81 bits per heavy atom. The van der Waals surface area contributed by atoms with E-state index in [4.69, 9.17) is 11.6 Å². The number of fused-ring (bicyclic) bond motifs is 1. The third-order valence-corrected chi connectivity index (χ3v) is 5.56. The minimum absolute atomic E-state index is 0.104. The number of nitrogens with one attached hydrogen (secondary N) is 2. The van der Waals surface area contributed by atoms with Crippen molar-refractivity contribution in [2.75, 3.05) is 5.32 Å². The van der Waals surface area contributed by atoms with E-state index in [2.05, 4.69) is 10.6 Å². The van der Waals surface area contributed by atoms with Gasteiger partial charge >= 0.3 is 0 Å². The molecular weight excluding hydrogens is 368 g/mol. The van der Waals surface area contributed by atoms with Gasteiger partial charge < -0.3 is 10.6 Å². The Balaban J connectivity index is 1.84. The van der Waals surface area contributed by atoms with E-state index < -0.39 is 0 Å². The summed E-state index contributed by atoms with van der Waals surface area (Å²) in [5.41, 5.74) is 1.97. The van der Waals surface area contributed by atoms with Gasteiger partial charge in [0, 0.05) is 21.5 Å². The predicted octanol–water partition coefficient (Wildman–Crippen LogP) is 4.95. The summed E-state index contributed by atoms with van der Waals surface area (Å²) < 4.78 is 0. The van der Waals surface area contributed by atoms with Crippen LogP contribution >= 0.6 is 23.4 Å². The SMILES string of the molecule is CC[C@H](C)NC(=O)c1ccc2c(c1)NC(=O)/C(=C\c1ccccc1Cl)S2. The Kier molecular flexibility index (Phi) is 5.69. The van der Waals surface area contributed by atoms with Gasteiger partial charge in [-0.15, -0.1) is 0 Å². The Morgan fingerprint density at radius 2 is 2.08 bits per heavy atom. The second kappa shape index (κ2) is 7.98. The second-order valence-corrected chi connectivity index (χ2v) is 7.57. The summed E-state index contributed by atoms with van der Waals surface area (Å²) in [5, 5.41) is 6.38. The van der Waals surface area contributed by atoms with Crippen LogP contribution in [0, 0.1) is 0 Å². The molecule has 134 valence electrons. The summed E-state index contributed by atoms with van der Waals surface area (Å²) in [6.07, 6.45) is 2.63. The summed E-state index contributed by atoms with van der Waals surface area (Å²) in [5.74, 6) is -0.347. The van der Waals surface area contributed by atoms with Gasteiger partial charge in [0.05, 0.1) is 10.6 Å². The van der Waals surface area contributed by atoms with E-state index in [9.17, 15) is 9.59 Å². The number of halogens is 1. The Morgan fingerprint density at radius 1 is 1.31 bits per heavy atom. The monoisotopic (exact) mass is 386 g/mol. The molecule has 0 saturated heterocycles. The average molecular weight is 387 g/mol. The van der Waals surface area contributed by atoms with Crippen LogP contribution in [0.2, 0.25) is 5.02 Å². The van der Waals surface area contributed by atoms with Gasteiger partial charge in [0.25, 0.3) is 11.8 Å². The summed E-state index contributed by atoms with van der Waals surface area (Å²) in [7, 11) is 0. The van der Waals surface area contributed by atoms with Crippen LogP contribution in [0.15, 0.2) is 52.3 Å². The highest BCUT2D eigenvalue weighted by molar-refractivity contribution is 8.04. The first-order valence-electron chi connectivity index (χ1n) is 8.38. The first-order valence-corrected chi connectivity index (χ1v) is 9.57. The van der Waals surface area contributed by atoms with Crippen LogP contribution < -0.4 is 10.6 Å². The van der Waals surface area contributed by atoms with Gasteiger partial charge in [0.2, 0.25) is 0 Å². The number of thioether (sulfide) groups is 1. The molecule has 2 N–H and O–H groups in total. The van der Waals surface area contributed by atoms with Gasteiger partial charge in [-0.3, -0.25) is 9.59 Å². The first kappa shape index (κ1) is 18.5. The molecule has 2 amide bonds. The summed E-state index contributed by atoms with van der Waals surface area (Å²) >= 11 is 7.54. The van der Waals surface area contributed by atoms with Crippen LogP contribution in [-0.2, 0) is 4.79 Å². The van der Waals surface area contributed by atoms with E-state index in [1.165, 1.54) is 11.8 Å². The fourth-order valence-corrected chi connectivity index (χ4v) is 3.56. The summed E-state index contributed by atoms with van der Waals surface area (Å²) in [6, 6.07) is 12.8.